The zero-order chi connectivity index (χ0) is 16.5. The number of anilines is 2. The number of thiophene rings is 1. The first-order valence-electron chi connectivity index (χ1n) is 7.23. The van der Waals surface area contributed by atoms with E-state index in [0.29, 0.717) is 11.5 Å². The molecule has 0 aliphatic rings. The maximum absolute atomic E-state index is 13.3. The van der Waals surface area contributed by atoms with Crippen LogP contribution in [-0.4, -0.2) is 9.97 Å². The van der Waals surface area contributed by atoms with Crippen LogP contribution in [0.15, 0.2) is 60.9 Å². The molecule has 0 radical (unpaired) electrons. The van der Waals surface area contributed by atoms with Gasteiger partial charge in [0.2, 0.25) is 0 Å². The summed E-state index contributed by atoms with van der Waals surface area (Å²) in [4.78, 5) is 10.7. The van der Waals surface area contributed by atoms with Crippen LogP contribution in [0.2, 0.25) is 5.02 Å². The largest absolute Gasteiger partial charge is 0.340 e. The Bertz CT molecular complexity index is 1020. The van der Waals surface area contributed by atoms with Crippen LogP contribution in [0.25, 0.3) is 20.7 Å². The summed E-state index contributed by atoms with van der Waals surface area (Å²) >= 11 is 7.44. The standard InChI is InChI=1S/C18H11ClFN3S/c19-14-8-12(6-7-15(14)20)23-17-13-9-16(11-4-2-1-3-5-11)24-18(13)22-10-21-17/h1-10H,(H,21,22,23). The summed E-state index contributed by atoms with van der Waals surface area (Å²) in [7, 11) is 0. The topological polar surface area (TPSA) is 37.8 Å². The molecular formula is C18H11ClFN3S. The summed E-state index contributed by atoms with van der Waals surface area (Å²) in [5, 5.41) is 4.17. The van der Waals surface area contributed by atoms with Gasteiger partial charge >= 0.3 is 0 Å². The van der Waals surface area contributed by atoms with E-state index in [1.54, 1.807) is 17.4 Å². The second-order valence-corrected chi connectivity index (χ2v) is 6.61. The lowest BCUT2D eigenvalue weighted by atomic mass is 10.2. The average Bonchev–Trinajstić information content (AvgIpc) is 3.04. The molecule has 0 aliphatic heterocycles. The van der Waals surface area contributed by atoms with E-state index in [4.69, 9.17) is 11.6 Å². The fraction of sp³-hybridized carbons (Fsp3) is 0. The van der Waals surface area contributed by atoms with Crippen LogP contribution in [0.1, 0.15) is 0 Å². The summed E-state index contributed by atoms with van der Waals surface area (Å²) in [5.41, 5.74) is 1.81. The number of hydrogen-bond donors (Lipinski definition) is 1. The van der Waals surface area contributed by atoms with Crippen LogP contribution in [0.5, 0.6) is 0 Å². The Balaban J connectivity index is 1.76. The van der Waals surface area contributed by atoms with Crippen molar-refractivity contribution >= 4 is 44.7 Å². The molecule has 0 unspecified atom stereocenters. The van der Waals surface area contributed by atoms with Crippen molar-refractivity contribution in [2.24, 2.45) is 0 Å². The number of hydrogen-bond acceptors (Lipinski definition) is 4. The predicted molar refractivity (Wildman–Crippen MR) is 97.5 cm³/mol. The molecule has 3 nitrogen and oxygen atoms in total. The van der Waals surface area contributed by atoms with Crippen molar-refractivity contribution in [3.63, 3.8) is 0 Å². The second-order valence-electron chi connectivity index (χ2n) is 5.17. The smallest absolute Gasteiger partial charge is 0.142 e. The molecule has 0 spiro atoms. The molecule has 118 valence electrons. The maximum Gasteiger partial charge on any atom is 0.142 e. The Morgan fingerprint density at radius 2 is 1.83 bits per heavy atom. The average molecular weight is 356 g/mol. The Morgan fingerprint density at radius 3 is 2.62 bits per heavy atom. The molecule has 2 aromatic carbocycles. The Morgan fingerprint density at radius 1 is 1.00 bits per heavy atom. The van der Waals surface area contributed by atoms with Gasteiger partial charge in [-0.3, -0.25) is 0 Å². The third-order valence-electron chi connectivity index (χ3n) is 3.57. The van der Waals surface area contributed by atoms with E-state index in [2.05, 4.69) is 33.5 Å². The van der Waals surface area contributed by atoms with Crippen molar-refractivity contribution in [1.82, 2.24) is 9.97 Å². The molecule has 0 bridgehead atoms. The van der Waals surface area contributed by atoms with Crippen molar-refractivity contribution in [3.05, 3.63) is 71.8 Å². The van der Waals surface area contributed by atoms with Crippen molar-refractivity contribution in [3.8, 4) is 10.4 Å². The van der Waals surface area contributed by atoms with E-state index in [1.807, 2.05) is 18.2 Å². The van der Waals surface area contributed by atoms with Gasteiger partial charge in [0.1, 0.15) is 22.8 Å². The monoisotopic (exact) mass is 355 g/mol. The summed E-state index contributed by atoms with van der Waals surface area (Å²) in [6, 6.07) is 16.7. The lowest BCUT2D eigenvalue weighted by Gasteiger charge is -2.06. The quantitative estimate of drug-likeness (QED) is 0.497. The predicted octanol–water partition coefficient (Wildman–Crippen LogP) is 5.89. The minimum absolute atomic E-state index is 0.0700. The van der Waals surface area contributed by atoms with Gasteiger partial charge < -0.3 is 5.32 Å². The molecule has 0 saturated carbocycles. The molecule has 1 N–H and O–H groups in total. The van der Waals surface area contributed by atoms with E-state index in [9.17, 15) is 4.39 Å². The number of fused-ring (bicyclic) bond motifs is 1. The van der Waals surface area contributed by atoms with Crippen molar-refractivity contribution in [2.75, 3.05) is 5.32 Å². The van der Waals surface area contributed by atoms with E-state index < -0.39 is 5.82 Å². The minimum atomic E-state index is -0.447. The second kappa shape index (κ2) is 6.19. The fourth-order valence-corrected chi connectivity index (χ4v) is 3.60. The minimum Gasteiger partial charge on any atom is -0.340 e. The first-order valence-corrected chi connectivity index (χ1v) is 8.42. The number of rotatable bonds is 3. The molecule has 4 aromatic rings. The van der Waals surface area contributed by atoms with Gasteiger partial charge in [0.05, 0.1) is 10.4 Å². The van der Waals surface area contributed by atoms with E-state index >= 15 is 0 Å². The van der Waals surface area contributed by atoms with Crippen LogP contribution in [0.3, 0.4) is 0 Å². The van der Waals surface area contributed by atoms with Gasteiger partial charge in [-0.05, 0) is 29.8 Å². The van der Waals surface area contributed by atoms with E-state index in [-0.39, 0.29) is 5.02 Å². The van der Waals surface area contributed by atoms with Crippen LogP contribution >= 0.6 is 22.9 Å². The molecule has 2 heterocycles. The number of benzene rings is 2. The highest BCUT2D eigenvalue weighted by atomic mass is 35.5. The van der Waals surface area contributed by atoms with Crippen molar-refractivity contribution in [2.45, 2.75) is 0 Å². The third-order valence-corrected chi connectivity index (χ3v) is 4.95. The SMILES string of the molecule is Fc1ccc(Nc2ncnc3sc(-c4ccccc4)cc23)cc1Cl. The molecule has 0 fully saturated rings. The van der Waals surface area contributed by atoms with Gasteiger partial charge in [-0.25, -0.2) is 14.4 Å². The number of halogens is 2. The number of aromatic nitrogens is 2. The number of nitrogens with one attached hydrogen (secondary N) is 1. The molecule has 0 aliphatic carbocycles. The van der Waals surface area contributed by atoms with Crippen molar-refractivity contribution < 1.29 is 4.39 Å². The Hall–Kier alpha value is -2.50. The molecule has 2 aromatic heterocycles. The third kappa shape index (κ3) is 2.84. The fourth-order valence-electron chi connectivity index (χ4n) is 2.41. The normalized spacial score (nSPS) is 10.9. The Labute approximate surface area is 146 Å². The molecule has 0 atom stereocenters. The molecule has 4 rings (SSSR count). The van der Waals surface area contributed by atoms with Crippen LogP contribution in [0.4, 0.5) is 15.9 Å². The molecular weight excluding hydrogens is 345 g/mol. The first-order chi connectivity index (χ1) is 11.7. The molecule has 0 saturated heterocycles. The highest BCUT2D eigenvalue weighted by Crippen LogP contribution is 2.35. The van der Waals surface area contributed by atoms with Gasteiger partial charge in [-0.1, -0.05) is 41.9 Å². The lowest BCUT2D eigenvalue weighted by molar-refractivity contribution is 0.628. The number of nitrogens with zero attached hydrogens (tertiary/aromatic N) is 2. The van der Waals surface area contributed by atoms with Crippen molar-refractivity contribution in [1.29, 1.82) is 0 Å². The van der Waals surface area contributed by atoms with Crippen LogP contribution in [0, 0.1) is 5.82 Å². The highest BCUT2D eigenvalue weighted by molar-refractivity contribution is 7.21. The molecule has 6 heteroatoms. The summed E-state index contributed by atoms with van der Waals surface area (Å²) in [6.07, 6.45) is 1.51. The summed E-state index contributed by atoms with van der Waals surface area (Å²) < 4.78 is 13.3. The zero-order valence-electron chi connectivity index (χ0n) is 12.3. The van der Waals surface area contributed by atoms with E-state index in [0.717, 1.165) is 20.7 Å². The van der Waals surface area contributed by atoms with Gasteiger partial charge in [0, 0.05) is 10.6 Å². The zero-order valence-corrected chi connectivity index (χ0v) is 13.9. The Kier molecular flexibility index (Phi) is 3.88. The van der Waals surface area contributed by atoms with Gasteiger partial charge in [-0.15, -0.1) is 11.3 Å². The van der Waals surface area contributed by atoms with Gasteiger partial charge in [-0.2, -0.15) is 0 Å². The van der Waals surface area contributed by atoms with Crippen LogP contribution < -0.4 is 5.32 Å². The summed E-state index contributed by atoms with van der Waals surface area (Å²) in [6.45, 7) is 0. The highest BCUT2D eigenvalue weighted by Gasteiger charge is 2.11. The van der Waals surface area contributed by atoms with Crippen LogP contribution in [-0.2, 0) is 0 Å². The van der Waals surface area contributed by atoms with Gasteiger partial charge in [0.15, 0.2) is 0 Å². The van der Waals surface area contributed by atoms with E-state index in [1.165, 1.54) is 18.5 Å². The molecule has 0 amide bonds. The lowest BCUT2D eigenvalue weighted by Crippen LogP contribution is -1.95. The first kappa shape index (κ1) is 15.1. The summed E-state index contributed by atoms with van der Waals surface area (Å²) in [5.74, 6) is 0.220. The van der Waals surface area contributed by atoms with Gasteiger partial charge in [0.25, 0.3) is 0 Å². The maximum atomic E-state index is 13.3. The molecule has 24 heavy (non-hydrogen) atoms.